The number of ether oxygens (including phenoxy) is 2. The maximum atomic E-state index is 11.4. The Labute approximate surface area is 159 Å². The van der Waals surface area contributed by atoms with Crippen molar-refractivity contribution < 1.29 is 14.3 Å². The lowest BCUT2D eigenvalue weighted by Crippen LogP contribution is -2.47. The van der Waals surface area contributed by atoms with Crippen molar-refractivity contribution in [1.82, 2.24) is 10.6 Å². The molecule has 0 spiro atoms. The number of guanidine groups is 1. The highest BCUT2D eigenvalue weighted by atomic mass is 16.5. The average Bonchev–Trinajstić information content (AvgIpc) is 3.28. The summed E-state index contributed by atoms with van der Waals surface area (Å²) in [5, 5.41) is 9.70. The molecule has 0 radical (unpaired) electrons. The smallest absolute Gasteiger partial charge is 0.224 e. The Morgan fingerprint density at radius 3 is 3.07 bits per heavy atom. The zero-order chi connectivity index (χ0) is 18.6. The van der Waals surface area contributed by atoms with E-state index in [4.69, 9.17) is 9.47 Å². The number of carbonyl (C=O) groups is 1. The Balaban J connectivity index is 1.27. The number of hydrogen-bond acceptors (Lipinski definition) is 4. The molecule has 4 rings (SSSR count). The first-order valence-electron chi connectivity index (χ1n) is 9.97. The highest BCUT2D eigenvalue weighted by Crippen LogP contribution is 2.34. The zero-order valence-electron chi connectivity index (χ0n) is 15.8. The summed E-state index contributed by atoms with van der Waals surface area (Å²) in [6, 6.07) is 6.17. The van der Waals surface area contributed by atoms with Gasteiger partial charge in [-0.2, -0.15) is 0 Å². The van der Waals surface area contributed by atoms with Crippen molar-refractivity contribution in [3.05, 3.63) is 23.8 Å². The molecule has 0 aromatic heterocycles. The van der Waals surface area contributed by atoms with Crippen molar-refractivity contribution in [3.8, 4) is 5.75 Å². The third-order valence-electron chi connectivity index (χ3n) is 5.37. The molecule has 7 nitrogen and oxygen atoms in total. The van der Waals surface area contributed by atoms with Gasteiger partial charge < -0.3 is 25.4 Å². The number of amides is 1. The van der Waals surface area contributed by atoms with E-state index in [1.807, 2.05) is 18.2 Å². The van der Waals surface area contributed by atoms with Crippen LogP contribution in [0.3, 0.4) is 0 Å². The number of nitrogens with one attached hydrogen (secondary N) is 3. The van der Waals surface area contributed by atoms with Gasteiger partial charge in [0, 0.05) is 18.7 Å². The first-order chi connectivity index (χ1) is 13.2. The number of aryl methyl sites for hydroxylation is 1. The highest BCUT2D eigenvalue weighted by molar-refractivity contribution is 5.94. The van der Waals surface area contributed by atoms with Gasteiger partial charge >= 0.3 is 0 Å². The molecule has 3 atom stereocenters. The largest absolute Gasteiger partial charge is 0.492 e. The highest BCUT2D eigenvalue weighted by Gasteiger charge is 2.41. The topological polar surface area (TPSA) is 84.0 Å². The number of aliphatic imine (C=N–C) groups is 1. The Hall–Kier alpha value is -2.28. The molecule has 3 heterocycles. The molecule has 0 saturated carbocycles. The number of carbonyl (C=O) groups excluding carboxylic acids is 1. The predicted octanol–water partition coefficient (Wildman–Crippen LogP) is 1.83. The van der Waals surface area contributed by atoms with Gasteiger partial charge in [-0.3, -0.25) is 4.79 Å². The first-order valence-corrected chi connectivity index (χ1v) is 9.97. The molecule has 2 saturated heterocycles. The summed E-state index contributed by atoms with van der Waals surface area (Å²) in [5.41, 5.74) is 2.02. The Kier molecular flexibility index (Phi) is 5.48. The third kappa shape index (κ3) is 4.35. The molecule has 1 aromatic carbocycles. The molecule has 1 amide bonds. The Morgan fingerprint density at radius 2 is 2.30 bits per heavy atom. The summed E-state index contributed by atoms with van der Waals surface area (Å²) in [6.07, 6.45) is 5.44. The van der Waals surface area contributed by atoms with Gasteiger partial charge in [0.25, 0.3) is 0 Å². The lowest BCUT2D eigenvalue weighted by Gasteiger charge is -2.22. The second-order valence-corrected chi connectivity index (χ2v) is 7.34. The summed E-state index contributed by atoms with van der Waals surface area (Å²) in [6.45, 7) is 3.97. The summed E-state index contributed by atoms with van der Waals surface area (Å²) < 4.78 is 11.8. The minimum absolute atomic E-state index is 0.0786. The van der Waals surface area contributed by atoms with E-state index in [9.17, 15) is 4.79 Å². The number of hydrogen-bond donors (Lipinski definition) is 3. The fraction of sp³-hybridized carbons (Fsp3) is 0.600. The molecule has 3 aliphatic heterocycles. The quantitative estimate of drug-likeness (QED) is 0.403. The van der Waals surface area contributed by atoms with Gasteiger partial charge in [0.05, 0.1) is 24.8 Å². The average molecular weight is 372 g/mol. The maximum absolute atomic E-state index is 11.4. The van der Waals surface area contributed by atoms with Gasteiger partial charge in [-0.05, 0) is 56.4 Å². The third-order valence-corrected chi connectivity index (χ3v) is 5.37. The van der Waals surface area contributed by atoms with Gasteiger partial charge in [0.15, 0.2) is 5.96 Å². The second-order valence-electron chi connectivity index (χ2n) is 7.34. The van der Waals surface area contributed by atoms with Gasteiger partial charge in [0.2, 0.25) is 5.91 Å². The zero-order valence-corrected chi connectivity index (χ0v) is 15.8. The minimum Gasteiger partial charge on any atom is -0.492 e. The van der Waals surface area contributed by atoms with E-state index < -0.39 is 0 Å². The molecule has 2 bridgehead atoms. The molecule has 3 unspecified atom stereocenters. The van der Waals surface area contributed by atoms with E-state index >= 15 is 0 Å². The number of anilines is 1. The van der Waals surface area contributed by atoms with Gasteiger partial charge in [-0.15, -0.1) is 0 Å². The summed E-state index contributed by atoms with van der Waals surface area (Å²) >= 11 is 0. The lowest BCUT2D eigenvalue weighted by molar-refractivity contribution is -0.116. The van der Waals surface area contributed by atoms with Gasteiger partial charge in [-0.1, -0.05) is 0 Å². The molecule has 2 fully saturated rings. The van der Waals surface area contributed by atoms with E-state index in [0.29, 0.717) is 37.8 Å². The van der Waals surface area contributed by atoms with Crippen LogP contribution in [-0.4, -0.2) is 49.8 Å². The molecule has 27 heavy (non-hydrogen) atoms. The molecule has 0 aliphatic carbocycles. The van der Waals surface area contributed by atoms with Crippen LogP contribution in [0.15, 0.2) is 23.2 Å². The van der Waals surface area contributed by atoms with Crippen LogP contribution in [0.4, 0.5) is 5.69 Å². The predicted molar refractivity (Wildman–Crippen MR) is 104 cm³/mol. The van der Waals surface area contributed by atoms with Crippen LogP contribution in [0.1, 0.15) is 38.2 Å². The van der Waals surface area contributed by atoms with Crippen LogP contribution in [0.5, 0.6) is 5.75 Å². The van der Waals surface area contributed by atoms with E-state index in [1.165, 1.54) is 6.42 Å². The first kappa shape index (κ1) is 18.1. The molecule has 3 aliphatic rings. The minimum atomic E-state index is 0.0786. The maximum Gasteiger partial charge on any atom is 0.224 e. The number of nitrogens with zero attached hydrogens (tertiary/aromatic N) is 1. The van der Waals surface area contributed by atoms with Crippen LogP contribution >= 0.6 is 0 Å². The van der Waals surface area contributed by atoms with Gasteiger partial charge in [0.1, 0.15) is 12.4 Å². The Bertz CT molecular complexity index is 721. The Morgan fingerprint density at radius 1 is 1.37 bits per heavy atom. The summed E-state index contributed by atoms with van der Waals surface area (Å²) in [5.74, 6) is 1.73. The molecule has 3 N–H and O–H groups in total. The van der Waals surface area contributed by atoms with E-state index in [1.54, 1.807) is 0 Å². The number of rotatable bonds is 6. The van der Waals surface area contributed by atoms with Crippen molar-refractivity contribution in [2.24, 2.45) is 4.99 Å². The van der Waals surface area contributed by atoms with Crippen molar-refractivity contribution in [2.75, 3.05) is 25.0 Å². The molecule has 1 aromatic rings. The monoisotopic (exact) mass is 372 g/mol. The van der Waals surface area contributed by atoms with Crippen LogP contribution in [-0.2, 0) is 16.0 Å². The van der Waals surface area contributed by atoms with Crippen LogP contribution in [0.25, 0.3) is 0 Å². The standard InChI is InChI=1S/C20H28N4O3/c1-2-21-20(24-17-12-15-5-7-18(17)27-15)22-9-10-26-14-4-6-16-13(11-14)3-8-19(25)23-16/h4,6,11,15,17-18H,2-3,5,7-10,12H2,1H3,(H,23,25)(H2,21,22,24). The van der Waals surface area contributed by atoms with Gasteiger partial charge in [-0.25, -0.2) is 4.99 Å². The van der Waals surface area contributed by atoms with Crippen LogP contribution in [0, 0.1) is 0 Å². The number of fused-ring (bicyclic) bond motifs is 3. The fourth-order valence-corrected chi connectivity index (χ4v) is 4.06. The van der Waals surface area contributed by atoms with Crippen LogP contribution in [0.2, 0.25) is 0 Å². The van der Waals surface area contributed by atoms with E-state index in [0.717, 1.165) is 48.8 Å². The van der Waals surface area contributed by atoms with Crippen LogP contribution < -0.4 is 20.7 Å². The molecule has 146 valence electrons. The number of benzene rings is 1. The molecule has 7 heteroatoms. The van der Waals surface area contributed by atoms with Crippen molar-refractivity contribution in [1.29, 1.82) is 0 Å². The summed E-state index contributed by atoms with van der Waals surface area (Å²) in [4.78, 5) is 16.1. The molecular weight excluding hydrogens is 344 g/mol. The van der Waals surface area contributed by atoms with Crippen molar-refractivity contribution in [2.45, 2.75) is 57.3 Å². The van der Waals surface area contributed by atoms with E-state index in [-0.39, 0.29) is 5.91 Å². The van der Waals surface area contributed by atoms with E-state index in [2.05, 4.69) is 27.9 Å². The normalized spacial score (nSPS) is 26.5. The summed E-state index contributed by atoms with van der Waals surface area (Å²) in [7, 11) is 0. The second kappa shape index (κ2) is 8.17. The van der Waals surface area contributed by atoms with Crippen molar-refractivity contribution in [3.63, 3.8) is 0 Å². The SMILES string of the molecule is CCNC(=NCCOc1ccc2c(c1)CCC(=O)N2)NC1CC2CCC1O2. The lowest BCUT2D eigenvalue weighted by atomic mass is 9.96. The molecular formula is C20H28N4O3. The van der Waals surface area contributed by atoms with Crippen molar-refractivity contribution >= 4 is 17.6 Å². The fourth-order valence-electron chi connectivity index (χ4n) is 4.06.